The van der Waals surface area contributed by atoms with E-state index in [0.717, 1.165) is 11.1 Å². The number of benzene rings is 2. The standard InChI is InChI=1S/C16H15BrF2/c1-10-3-5-13(7-11(10)2)14(17)8-12-4-6-15(18)16(19)9-12/h3-7,9,14H,8H2,1-2H3. The number of halogens is 3. The van der Waals surface area contributed by atoms with Gasteiger partial charge in [0.05, 0.1) is 0 Å². The van der Waals surface area contributed by atoms with Crippen LogP contribution in [0.3, 0.4) is 0 Å². The van der Waals surface area contributed by atoms with Crippen LogP contribution < -0.4 is 0 Å². The largest absolute Gasteiger partial charge is 0.204 e. The van der Waals surface area contributed by atoms with E-state index >= 15 is 0 Å². The van der Waals surface area contributed by atoms with Crippen LogP contribution >= 0.6 is 15.9 Å². The summed E-state index contributed by atoms with van der Waals surface area (Å²) in [6.45, 7) is 4.13. The summed E-state index contributed by atoms with van der Waals surface area (Å²) in [5.41, 5.74) is 4.40. The van der Waals surface area contributed by atoms with Gasteiger partial charge >= 0.3 is 0 Å². The Morgan fingerprint density at radius 2 is 1.68 bits per heavy atom. The molecule has 0 aliphatic rings. The van der Waals surface area contributed by atoms with E-state index in [0.29, 0.717) is 6.42 Å². The highest BCUT2D eigenvalue weighted by molar-refractivity contribution is 9.09. The molecule has 3 heteroatoms. The molecule has 2 rings (SSSR count). The van der Waals surface area contributed by atoms with Gasteiger partial charge in [-0.25, -0.2) is 8.78 Å². The molecule has 0 heterocycles. The second-order valence-corrected chi connectivity index (χ2v) is 5.87. The van der Waals surface area contributed by atoms with Crippen LogP contribution in [0, 0.1) is 25.5 Å². The Balaban J connectivity index is 2.17. The average Bonchev–Trinajstić information content (AvgIpc) is 2.37. The number of hydrogen-bond donors (Lipinski definition) is 0. The highest BCUT2D eigenvalue weighted by Crippen LogP contribution is 2.28. The number of alkyl halides is 1. The lowest BCUT2D eigenvalue weighted by atomic mass is 10.0. The van der Waals surface area contributed by atoms with E-state index < -0.39 is 11.6 Å². The first kappa shape index (κ1) is 14.2. The molecule has 0 spiro atoms. The van der Waals surface area contributed by atoms with Crippen LogP contribution in [0.1, 0.15) is 27.1 Å². The smallest absolute Gasteiger partial charge is 0.159 e. The third kappa shape index (κ3) is 3.41. The molecule has 0 radical (unpaired) electrons. The normalized spacial score (nSPS) is 12.5. The minimum atomic E-state index is -0.805. The zero-order valence-corrected chi connectivity index (χ0v) is 12.5. The van der Waals surface area contributed by atoms with Crippen molar-refractivity contribution in [3.8, 4) is 0 Å². The average molecular weight is 325 g/mol. The van der Waals surface area contributed by atoms with Gasteiger partial charge in [0, 0.05) is 4.83 Å². The molecule has 0 aromatic heterocycles. The molecule has 0 bridgehead atoms. The predicted molar refractivity (Wildman–Crippen MR) is 77.6 cm³/mol. The molecule has 19 heavy (non-hydrogen) atoms. The maximum atomic E-state index is 13.2. The topological polar surface area (TPSA) is 0 Å². The van der Waals surface area contributed by atoms with Gasteiger partial charge < -0.3 is 0 Å². The van der Waals surface area contributed by atoms with Crippen molar-refractivity contribution in [3.05, 3.63) is 70.3 Å². The molecular formula is C16H15BrF2. The zero-order chi connectivity index (χ0) is 14.0. The van der Waals surface area contributed by atoms with E-state index in [4.69, 9.17) is 0 Å². The van der Waals surface area contributed by atoms with E-state index in [9.17, 15) is 8.78 Å². The summed E-state index contributed by atoms with van der Waals surface area (Å²) in [5, 5.41) is 0. The lowest BCUT2D eigenvalue weighted by Gasteiger charge is -2.12. The number of rotatable bonds is 3. The molecule has 2 aromatic carbocycles. The SMILES string of the molecule is Cc1ccc(C(Br)Cc2ccc(F)c(F)c2)cc1C. The molecule has 1 atom stereocenters. The van der Waals surface area contributed by atoms with Crippen LogP contribution in [0.2, 0.25) is 0 Å². The van der Waals surface area contributed by atoms with Gasteiger partial charge in [0.25, 0.3) is 0 Å². The first-order chi connectivity index (χ1) is 8.97. The van der Waals surface area contributed by atoms with Crippen molar-refractivity contribution in [1.29, 1.82) is 0 Å². The van der Waals surface area contributed by atoms with Crippen LogP contribution in [-0.2, 0) is 6.42 Å². The Kier molecular flexibility index (Phi) is 4.35. The Morgan fingerprint density at radius 3 is 2.32 bits per heavy atom. The van der Waals surface area contributed by atoms with Gasteiger partial charge in [-0.3, -0.25) is 0 Å². The van der Waals surface area contributed by atoms with Crippen molar-refractivity contribution in [1.82, 2.24) is 0 Å². The molecule has 2 aromatic rings. The molecular weight excluding hydrogens is 310 g/mol. The molecule has 0 amide bonds. The fourth-order valence-electron chi connectivity index (χ4n) is 1.95. The van der Waals surface area contributed by atoms with Gasteiger partial charge in [-0.2, -0.15) is 0 Å². The second-order valence-electron chi connectivity index (χ2n) is 4.76. The van der Waals surface area contributed by atoms with Crippen LogP contribution in [0.5, 0.6) is 0 Å². The minimum Gasteiger partial charge on any atom is -0.204 e. The van der Waals surface area contributed by atoms with E-state index in [1.54, 1.807) is 6.07 Å². The number of aryl methyl sites for hydroxylation is 2. The monoisotopic (exact) mass is 324 g/mol. The molecule has 100 valence electrons. The summed E-state index contributed by atoms with van der Waals surface area (Å²) < 4.78 is 26.0. The lowest BCUT2D eigenvalue weighted by molar-refractivity contribution is 0.507. The molecule has 0 fully saturated rings. The third-order valence-electron chi connectivity index (χ3n) is 3.29. The zero-order valence-electron chi connectivity index (χ0n) is 10.9. The van der Waals surface area contributed by atoms with Crippen LogP contribution in [-0.4, -0.2) is 0 Å². The van der Waals surface area contributed by atoms with Crippen molar-refractivity contribution in [2.24, 2.45) is 0 Å². The Hall–Kier alpha value is -1.22. The van der Waals surface area contributed by atoms with Crippen LogP contribution in [0.4, 0.5) is 8.78 Å². The molecule has 0 saturated carbocycles. The first-order valence-electron chi connectivity index (χ1n) is 6.12. The summed E-state index contributed by atoms with van der Waals surface area (Å²) in [6, 6.07) is 10.3. The van der Waals surface area contributed by atoms with Crippen molar-refractivity contribution in [3.63, 3.8) is 0 Å². The molecule has 0 aliphatic carbocycles. The van der Waals surface area contributed by atoms with Gasteiger partial charge in [-0.15, -0.1) is 0 Å². The van der Waals surface area contributed by atoms with E-state index in [-0.39, 0.29) is 4.83 Å². The second kappa shape index (κ2) is 5.83. The van der Waals surface area contributed by atoms with Gasteiger partial charge in [-0.1, -0.05) is 40.2 Å². The summed E-state index contributed by atoms with van der Waals surface area (Å²) in [4.78, 5) is 0.0941. The Labute approximate surface area is 120 Å². The van der Waals surface area contributed by atoms with Gasteiger partial charge in [0.1, 0.15) is 0 Å². The van der Waals surface area contributed by atoms with Crippen molar-refractivity contribution in [2.75, 3.05) is 0 Å². The molecule has 0 saturated heterocycles. The molecule has 0 aliphatic heterocycles. The number of hydrogen-bond acceptors (Lipinski definition) is 0. The van der Waals surface area contributed by atoms with Gasteiger partial charge in [0.2, 0.25) is 0 Å². The van der Waals surface area contributed by atoms with E-state index in [1.807, 2.05) is 0 Å². The van der Waals surface area contributed by atoms with E-state index in [2.05, 4.69) is 48.0 Å². The molecule has 0 N–H and O–H groups in total. The minimum absolute atomic E-state index is 0.0941. The maximum absolute atomic E-state index is 13.2. The summed E-state index contributed by atoms with van der Waals surface area (Å²) in [7, 11) is 0. The van der Waals surface area contributed by atoms with E-state index in [1.165, 1.54) is 23.3 Å². The Bertz CT molecular complexity index is 593. The third-order valence-corrected chi connectivity index (χ3v) is 4.14. The predicted octanol–water partition coefficient (Wildman–Crippen LogP) is 5.26. The fraction of sp³-hybridized carbons (Fsp3) is 0.250. The molecule has 1 unspecified atom stereocenters. The summed E-state index contributed by atoms with van der Waals surface area (Å²) >= 11 is 3.61. The molecule has 0 nitrogen and oxygen atoms in total. The first-order valence-corrected chi connectivity index (χ1v) is 7.04. The highest BCUT2D eigenvalue weighted by Gasteiger charge is 2.11. The van der Waals surface area contributed by atoms with Crippen LogP contribution in [0.15, 0.2) is 36.4 Å². The van der Waals surface area contributed by atoms with Crippen LogP contribution in [0.25, 0.3) is 0 Å². The summed E-state index contributed by atoms with van der Waals surface area (Å²) in [5.74, 6) is -1.60. The van der Waals surface area contributed by atoms with Crippen molar-refractivity contribution < 1.29 is 8.78 Å². The fourth-order valence-corrected chi connectivity index (χ4v) is 2.61. The Morgan fingerprint density at radius 1 is 0.947 bits per heavy atom. The van der Waals surface area contributed by atoms with Gasteiger partial charge in [-0.05, 0) is 54.7 Å². The van der Waals surface area contributed by atoms with Crippen molar-refractivity contribution >= 4 is 15.9 Å². The van der Waals surface area contributed by atoms with Crippen molar-refractivity contribution in [2.45, 2.75) is 25.1 Å². The van der Waals surface area contributed by atoms with Gasteiger partial charge in [0.15, 0.2) is 11.6 Å². The quantitative estimate of drug-likeness (QED) is 0.675. The lowest BCUT2D eigenvalue weighted by Crippen LogP contribution is -1.98. The maximum Gasteiger partial charge on any atom is 0.159 e. The summed E-state index contributed by atoms with van der Waals surface area (Å²) in [6.07, 6.45) is 0.625. The highest BCUT2D eigenvalue weighted by atomic mass is 79.9.